The molecule has 1 aliphatic carbocycles. The summed E-state index contributed by atoms with van der Waals surface area (Å²) < 4.78 is 50.3. The molecule has 0 N–H and O–H groups in total. The van der Waals surface area contributed by atoms with Crippen LogP contribution < -0.4 is 0 Å². The number of nitrogens with zero attached hydrogens (tertiary/aromatic N) is 1. The molecule has 0 aromatic heterocycles. The topological polar surface area (TPSA) is 38.8 Å². The molecule has 2 aliphatic rings. The maximum Gasteiger partial charge on any atom is 0.416 e. The zero-order chi connectivity index (χ0) is 18.6. The van der Waals surface area contributed by atoms with Gasteiger partial charge in [-0.05, 0) is 51.0 Å². The SMILES string of the molecule is C[C@H]1CN(C(=O)OC(C)(C)C)[C@H]2c3ccc(C(F)(F)F)cc3C[C@H]2O1. The van der Waals surface area contributed by atoms with Crippen molar-refractivity contribution in [3.63, 3.8) is 0 Å². The van der Waals surface area contributed by atoms with Crippen LogP contribution in [0.5, 0.6) is 0 Å². The number of hydrogen-bond acceptors (Lipinski definition) is 3. The monoisotopic (exact) mass is 357 g/mol. The number of halogens is 3. The van der Waals surface area contributed by atoms with Crippen LogP contribution in [0.4, 0.5) is 18.0 Å². The number of fused-ring (bicyclic) bond motifs is 3. The van der Waals surface area contributed by atoms with E-state index in [9.17, 15) is 18.0 Å². The first kappa shape index (κ1) is 18.0. The lowest BCUT2D eigenvalue weighted by atomic mass is 10.0. The van der Waals surface area contributed by atoms with Gasteiger partial charge in [0, 0.05) is 6.42 Å². The molecule has 1 aliphatic heterocycles. The average molecular weight is 357 g/mol. The van der Waals surface area contributed by atoms with Gasteiger partial charge in [-0.1, -0.05) is 6.07 Å². The highest BCUT2D eigenvalue weighted by Crippen LogP contribution is 2.43. The molecule has 0 radical (unpaired) electrons. The number of carbonyl (C=O) groups is 1. The Hall–Kier alpha value is -1.76. The van der Waals surface area contributed by atoms with Gasteiger partial charge in [-0.3, -0.25) is 4.90 Å². The zero-order valence-electron chi connectivity index (χ0n) is 14.7. The van der Waals surface area contributed by atoms with Gasteiger partial charge in [0.1, 0.15) is 5.60 Å². The number of ether oxygens (including phenoxy) is 2. The highest BCUT2D eigenvalue weighted by molar-refractivity contribution is 5.70. The van der Waals surface area contributed by atoms with E-state index < -0.39 is 29.5 Å². The van der Waals surface area contributed by atoms with Crippen LogP contribution >= 0.6 is 0 Å². The number of amides is 1. The lowest BCUT2D eigenvalue weighted by molar-refractivity contribution is -0.137. The van der Waals surface area contributed by atoms with Crippen LogP contribution in [0, 0.1) is 0 Å². The van der Waals surface area contributed by atoms with E-state index in [0.29, 0.717) is 24.1 Å². The summed E-state index contributed by atoms with van der Waals surface area (Å²) in [4.78, 5) is 14.2. The molecule has 4 nitrogen and oxygen atoms in total. The molecule has 0 bridgehead atoms. The molecule has 0 saturated carbocycles. The van der Waals surface area contributed by atoms with Gasteiger partial charge >= 0.3 is 12.3 Å². The van der Waals surface area contributed by atoms with Gasteiger partial charge in [-0.15, -0.1) is 0 Å². The van der Waals surface area contributed by atoms with Crippen molar-refractivity contribution in [2.75, 3.05) is 6.54 Å². The Morgan fingerprint density at radius 3 is 2.56 bits per heavy atom. The van der Waals surface area contributed by atoms with Crippen LogP contribution in [-0.2, 0) is 22.1 Å². The number of hydrogen-bond donors (Lipinski definition) is 0. The number of rotatable bonds is 0. The van der Waals surface area contributed by atoms with E-state index in [1.54, 1.807) is 25.7 Å². The largest absolute Gasteiger partial charge is 0.444 e. The summed E-state index contributed by atoms with van der Waals surface area (Å²) >= 11 is 0. The minimum Gasteiger partial charge on any atom is -0.444 e. The Morgan fingerprint density at radius 2 is 1.96 bits per heavy atom. The first-order valence-corrected chi connectivity index (χ1v) is 8.31. The lowest BCUT2D eigenvalue weighted by Gasteiger charge is -2.41. The first-order valence-electron chi connectivity index (χ1n) is 8.31. The summed E-state index contributed by atoms with van der Waals surface area (Å²) in [5.41, 5.74) is -0.0413. The molecule has 1 heterocycles. The van der Waals surface area contributed by atoms with Crippen molar-refractivity contribution in [1.29, 1.82) is 0 Å². The smallest absolute Gasteiger partial charge is 0.416 e. The Kier molecular flexibility index (Phi) is 4.26. The van der Waals surface area contributed by atoms with Crippen molar-refractivity contribution in [3.8, 4) is 0 Å². The lowest BCUT2D eigenvalue weighted by Crippen LogP contribution is -2.51. The minimum atomic E-state index is -4.39. The fourth-order valence-electron chi connectivity index (χ4n) is 3.51. The van der Waals surface area contributed by atoms with Gasteiger partial charge < -0.3 is 9.47 Å². The number of alkyl halides is 3. The Morgan fingerprint density at radius 1 is 1.28 bits per heavy atom. The standard InChI is InChI=1S/C18H22F3NO3/c1-10-9-22(16(23)25-17(2,3)4)15-13-6-5-12(18(19,20)21)7-11(13)8-14(15)24-10/h5-7,10,14-15H,8-9H2,1-4H3/t10-,14+,15-/m0/s1. The third kappa shape index (κ3) is 3.61. The van der Waals surface area contributed by atoms with Crippen LogP contribution in [0.1, 0.15) is 50.4 Å². The molecule has 3 rings (SSSR count). The summed E-state index contributed by atoms with van der Waals surface area (Å²) in [7, 11) is 0. The molecule has 1 aromatic carbocycles. The van der Waals surface area contributed by atoms with Crippen LogP contribution in [0.3, 0.4) is 0 Å². The molecule has 0 spiro atoms. The van der Waals surface area contributed by atoms with Crippen molar-refractivity contribution >= 4 is 6.09 Å². The van der Waals surface area contributed by atoms with Crippen LogP contribution in [0.25, 0.3) is 0 Å². The molecule has 1 fully saturated rings. The number of carbonyl (C=O) groups excluding carboxylic acids is 1. The van der Waals surface area contributed by atoms with Gasteiger partial charge in [-0.25, -0.2) is 4.79 Å². The molecule has 3 atom stereocenters. The number of morpholine rings is 1. The van der Waals surface area contributed by atoms with E-state index in [4.69, 9.17) is 9.47 Å². The van der Waals surface area contributed by atoms with Gasteiger partial charge in [0.25, 0.3) is 0 Å². The molecule has 25 heavy (non-hydrogen) atoms. The van der Waals surface area contributed by atoms with Crippen molar-refractivity contribution in [2.45, 2.75) is 64.1 Å². The second-order valence-electron chi connectivity index (χ2n) is 7.68. The highest BCUT2D eigenvalue weighted by Gasteiger charge is 2.46. The maximum absolute atomic E-state index is 13.0. The first-order chi connectivity index (χ1) is 11.5. The average Bonchev–Trinajstić information content (AvgIpc) is 2.80. The predicted molar refractivity (Wildman–Crippen MR) is 85.2 cm³/mol. The maximum atomic E-state index is 13.0. The molecule has 1 amide bonds. The number of benzene rings is 1. The Balaban J connectivity index is 1.94. The van der Waals surface area contributed by atoms with Crippen molar-refractivity contribution in [1.82, 2.24) is 4.90 Å². The van der Waals surface area contributed by atoms with E-state index in [1.165, 1.54) is 6.07 Å². The third-order valence-electron chi connectivity index (χ3n) is 4.39. The fourth-order valence-corrected chi connectivity index (χ4v) is 3.51. The highest BCUT2D eigenvalue weighted by atomic mass is 19.4. The van der Waals surface area contributed by atoms with E-state index >= 15 is 0 Å². The molecular formula is C18H22F3NO3. The van der Waals surface area contributed by atoms with E-state index in [0.717, 1.165) is 12.1 Å². The normalized spacial score (nSPS) is 26.2. The second-order valence-corrected chi connectivity index (χ2v) is 7.68. The summed E-state index contributed by atoms with van der Waals surface area (Å²) in [6.07, 6.45) is -5.06. The second kappa shape index (κ2) is 5.90. The predicted octanol–water partition coefficient (Wildman–Crippen LogP) is 4.33. The molecule has 0 unspecified atom stereocenters. The van der Waals surface area contributed by atoms with Crippen LogP contribution in [0.15, 0.2) is 18.2 Å². The van der Waals surface area contributed by atoms with Crippen molar-refractivity contribution in [3.05, 3.63) is 34.9 Å². The molecule has 1 aromatic rings. The van der Waals surface area contributed by atoms with Gasteiger partial charge in [-0.2, -0.15) is 13.2 Å². The summed E-state index contributed by atoms with van der Waals surface area (Å²) in [6.45, 7) is 7.54. The van der Waals surface area contributed by atoms with E-state index in [-0.39, 0.29) is 12.2 Å². The fraction of sp³-hybridized carbons (Fsp3) is 0.611. The quantitative estimate of drug-likeness (QED) is 0.694. The molecule has 1 saturated heterocycles. The van der Waals surface area contributed by atoms with Crippen molar-refractivity contribution < 1.29 is 27.4 Å². The summed E-state index contributed by atoms with van der Waals surface area (Å²) in [5, 5.41) is 0. The van der Waals surface area contributed by atoms with Crippen LogP contribution in [-0.4, -0.2) is 35.3 Å². The van der Waals surface area contributed by atoms with E-state index in [1.807, 2.05) is 6.92 Å². The van der Waals surface area contributed by atoms with Crippen LogP contribution in [0.2, 0.25) is 0 Å². The molecular weight excluding hydrogens is 335 g/mol. The third-order valence-corrected chi connectivity index (χ3v) is 4.39. The molecule has 138 valence electrons. The summed E-state index contributed by atoms with van der Waals surface area (Å²) in [6, 6.07) is 3.27. The van der Waals surface area contributed by atoms with Gasteiger partial charge in [0.05, 0.1) is 30.4 Å². The van der Waals surface area contributed by atoms with Gasteiger partial charge in [0.2, 0.25) is 0 Å². The van der Waals surface area contributed by atoms with E-state index in [2.05, 4.69) is 0 Å². The van der Waals surface area contributed by atoms with Gasteiger partial charge in [0.15, 0.2) is 0 Å². The summed E-state index contributed by atoms with van der Waals surface area (Å²) in [5.74, 6) is 0. The zero-order valence-corrected chi connectivity index (χ0v) is 14.7. The Labute approximate surface area is 144 Å². The molecule has 7 heteroatoms. The minimum absolute atomic E-state index is 0.204. The van der Waals surface area contributed by atoms with Crippen molar-refractivity contribution in [2.24, 2.45) is 0 Å². The Bertz CT molecular complexity index is 681.